The second-order valence-corrected chi connectivity index (χ2v) is 6.33. The zero-order chi connectivity index (χ0) is 15.8. The molecule has 1 fully saturated rings. The van der Waals surface area contributed by atoms with Crippen molar-refractivity contribution in [2.45, 2.75) is 12.8 Å². The summed E-state index contributed by atoms with van der Waals surface area (Å²) in [5.74, 6) is 0.237. The Balaban J connectivity index is 2.05. The van der Waals surface area contributed by atoms with Gasteiger partial charge in [0.15, 0.2) is 0 Å². The van der Waals surface area contributed by atoms with Crippen LogP contribution in [0.5, 0.6) is 0 Å². The van der Waals surface area contributed by atoms with E-state index in [4.69, 9.17) is 11.6 Å². The molecule has 0 saturated carbocycles. The highest BCUT2D eigenvalue weighted by Gasteiger charge is 2.24. The second kappa shape index (κ2) is 5.84. The zero-order valence-electron chi connectivity index (χ0n) is 12.6. The maximum Gasteiger partial charge on any atom is 0.125 e. The molecule has 1 aromatic carbocycles. The highest BCUT2D eigenvalue weighted by Crippen LogP contribution is 2.39. The topological polar surface area (TPSA) is 45.1 Å². The largest absolute Gasteiger partial charge is 0.507 e. The van der Waals surface area contributed by atoms with E-state index in [1.807, 2.05) is 30.3 Å². The molecule has 4 rings (SSSR count). The third-order valence-corrected chi connectivity index (χ3v) is 4.69. The number of pyridine rings is 1. The van der Waals surface area contributed by atoms with Crippen molar-refractivity contribution in [3.8, 4) is 0 Å². The molecule has 2 aromatic rings. The minimum Gasteiger partial charge on any atom is -0.507 e. The van der Waals surface area contributed by atoms with Gasteiger partial charge < -0.3 is 10.4 Å². The van der Waals surface area contributed by atoms with Gasteiger partial charge in [0.05, 0.1) is 5.69 Å². The lowest BCUT2D eigenvalue weighted by Crippen LogP contribution is -2.24. The van der Waals surface area contributed by atoms with Crippen LogP contribution in [0.25, 0.3) is 17.4 Å². The number of halogens is 1. The molecule has 0 spiro atoms. The molecule has 1 saturated heterocycles. The minimum atomic E-state index is 0.237. The Morgan fingerprint density at radius 2 is 1.91 bits per heavy atom. The van der Waals surface area contributed by atoms with E-state index in [1.165, 1.54) is 5.57 Å². The molecule has 1 aliphatic carbocycles. The number of piperidine rings is 1. The van der Waals surface area contributed by atoms with Gasteiger partial charge in [0, 0.05) is 22.4 Å². The van der Waals surface area contributed by atoms with Gasteiger partial charge in [0.25, 0.3) is 0 Å². The van der Waals surface area contributed by atoms with Gasteiger partial charge in [-0.25, -0.2) is 0 Å². The number of nitrogens with zero attached hydrogens (tertiary/aromatic N) is 1. The number of nitrogens with one attached hydrogen (secondary N) is 1. The lowest BCUT2D eigenvalue weighted by molar-refractivity contribution is 0.515. The molecule has 0 bridgehead atoms. The molecule has 0 radical (unpaired) electrons. The van der Waals surface area contributed by atoms with Crippen molar-refractivity contribution in [1.29, 1.82) is 0 Å². The van der Waals surface area contributed by atoms with Crippen LogP contribution in [0.4, 0.5) is 0 Å². The van der Waals surface area contributed by atoms with Gasteiger partial charge in [-0.3, -0.25) is 4.98 Å². The van der Waals surface area contributed by atoms with Crippen molar-refractivity contribution in [1.82, 2.24) is 10.3 Å². The molecule has 0 unspecified atom stereocenters. The van der Waals surface area contributed by atoms with E-state index in [0.29, 0.717) is 5.02 Å². The van der Waals surface area contributed by atoms with Crippen molar-refractivity contribution in [3.05, 3.63) is 69.5 Å². The van der Waals surface area contributed by atoms with E-state index in [0.717, 1.165) is 53.9 Å². The van der Waals surface area contributed by atoms with Crippen molar-refractivity contribution in [2.24, 2.45) is 0 Å². The monoisotopic (exact) mass is 324 g/mol. The van der Waals surface area contributed by atoms with Crippen LogP contribution in [0.1, 0.15) is 35.2 Å². The normalized spacial score (nSPS) is 17.2. The van der Waals surface area contributed by atoms with E-state index in [-0.39, 0.29) is 5.76 Å². The third kappa shape index (κ3) is 2.56. The smallest absolute Gasteiger partial charge is 0.125 e. The van der Waals surface area contributed by atoms with Gasteiger partial charge in [-0.1, -0.05) is 23.2 Å². The van der Waals surface area contributed by atoms with Crippen LogP contribution >= 0.6 is 11.6 Å². The van der Waals surface area contributed by atoms with Gasteiger partial charge >= 0.3 is 0 Å². The fourth-order valence-electron chi connectivity index (χ4n) is 3.38. The van der Waals surface area contributed by atoms with Crippen LogP contribution in [0.15, 0.2) is 42.1 Å². The summed E-state index contributed by atoms with van der Waals surface area (Å²) < 4.78 is 0. The molecule has 2 aliphatic rings. The number of aliphatic hydroxyl groups excluding tert-OH is 1. The number of fused-ring (bicyclic) bond motifs is 2. The lowest BCUT2D eigenvalue weighted by Gasteiger charge is -2.21. The van der Waals surface area contributed by atoms with E-state index in [1.54, 1.807) is 12.3 Å². The van der Waals surface area contributed by atoms with E-state index < -0.39 is 0 Å². The maximum atomic E-state index is 10.5. The Morgan fingerprint density at radius 3 is 2.74 bits per heavy atom. The molecule has 4 heteroatoms. The Kier molecular flexibility index (Phi) is 3.68. The number of rotatable bonds is 0. The summed E-state index contributed by atoms with van der Waals surface area (Å²) in [6.45, 7) is 1.95. The van der Waals surface area contributed by atoms with Gasteiger partial charge in [-0.05, 0) is 67.4 Å². The number of aromatic nitrogens is 1. The fraction of sp³-hybridized carbons (Fsp3) is 0.211. The van der Waals surface area contributed by atoms with E-state index in [9.17, 15) is 5.11 Å². The molecule has 0 amide bonds. The molecule has 1 aliphatic heterocycles. The average Bonchev–Trinajstić information content (AvgIpc) is 2.70. The van der Waals surface area contributed by atoms with Gasteiger partial charge in [0.2, 0.25) is 0 Å². The Morgan fingerprint density at radius 1 is 1.09 bits per heavy atom. The van der Waals surface area contributed by atoms with Gasteiger partial charge in [-0.2, -0.15) is 0 Å². The molecule has 2 N–H and O–H groups in total. The minimum absolute atomic E-state index is 0.237. The molecular weight excluding hydrogens is 308 g/mol. The molecule has 116 valence electrons. The van der Waals surface area contributed by atoms with Gasteiger partial charge in [0.1, 0.15) is 5.76 Å². The lowest BCUT2D eigenvalue weighted by atomic mass is 9.89. The Bertz CT molecular complexity index is 831. The van der Waals surface area contributed by atoms with Crippen LogP contribution in [-0.4, -0.2) is 23.2 Å². The molecule has 2 heterocycles. The fourth-order valence-corrected chi connectivity index (χ4v) is 3.56. The Labute approximate surface area is 140 Å². The van der Waals surface area contributed by atoms with Crippen LogP contribution in [0.3, 0.4) is 0 Å². The summed E-state index contributed by atoms with van der Waals surface area (Å²) in [4.78, 5) is 4.60. The third-order valence-electron chi connectivity index (χ3n) is 4.46. The first-order valence-electron chi connectivity index (χ1n) is 7.83. The Hall–Kier alpha value is -2.10. The maximum absolute atomic E-state index is 10.5. The summed E-state index contributed by atoms with van der Waals surface area (Å²) in [5.41, 5.74) is 6.20. The summed E-state index contributed by atoms with van der Waals surface area (Å²) >= 11 is 6.17. The predicted octanol–water partition coefficient (Wildman–Crippen LogP) is 4.29. The van der Waals surface area contributed by atoms with Crippen LogP contribution in [0.2, 0.25) is 5.02 Å². The molecule has 0 atom stereocenters. The predicted molar refractivity (Wildman–Crippen MR) is 94.3 cm³/mol. The first-order valence-corrected chi connectivity index (χ1v) is 8.21. The number of hydrogen-bond acceptors (Lipinski definition) is 3. The first kappa shape index (κ1) is 14.5. The van der Waals surface area contributed by atoms with Crippen LogP contribution < -0.4 is 5.32 Å². The second-order valence-electron chi connectivity index (χ2n) is 5.89. The molecular formula is C19H17ClN2O. The quantitative estimate of drug-likeness (QED) is 0.760. The SMILES string of the molecule is OC1=Cc2cc(Cl)ccc2C(=C2CCNCC2)c2ncccc21. The van der Waals surface area contributed by atoms with Crippen LogP contribution in [0, 0.1) is 0 Å². The highest BCUT2D eigenvalue weighted by atomic mass is 35.5. The van der Waals surface area contributed by atoms with Gasteiger partial charge in [-0.15, -0.1) is 0 Å². The number of benzene rings is 1. The average molecular weight is 325 g/mol. The number of hydrogen-bond donors (Lipinski definition) is 2. The zero-order valence-corrected chi connectivity index (χ0v) is 13.4. The van der Waals surface area contributed by atoms with Crippen molar-refractivity contribution in [2.75, 3.05) is 13.1 Å². The molecule has 23 heavy (non-hydrogen) atoms. The highest BCUT2D eigenvalue weighted by molar-refractivity contribution is 6.30. The summed E-state index contributed by atoms with van der Waals surface area (Å²) in [7, 11) is 0. The van der Waals surface area contributed by atoms with Crippen molar-refractivity contribution >= 4 is 29.0 Å². The standard InChI is InChI=1S/C19H17ClN2O/c20-14-3-4-15-13(10-14)11-17(23)16-2-1-7-22-19(16)18(15)12-5-8-21-9-6-12/h1-4,7,10-11,21,23H,5-6,8-9H2. The summed E-state index contributed by atoms with van der Waals surface area (Å²) in [6, 6.07) is 9.62. The first-order chi connectivity index (χ1) is 11.2. The van der Waals surface area contributed by atoms with Crippen molar-refractivity contribution in [3.63, 3.8) is 0 Å². The summed E-state index contributed by atoms with van der Waals surface area (Å²) in [5, 5.41) is 14.6. The van der Waals surface area contributed by atoms with Crippen molar-refractivity contribution < 1.29 is 5.11 Å². The van der Waals surface area contributed by atoms with E-state index >= 15 is 0 Å². The van der Waals surface area contributed by atoms with E-state index in [2.05, 4.69) is 10.3 Å². The summed E-state index contributed by atoms with van der Waals surface area (Å²) in [6.07, 6.45) is 5.56. The molecule has 1 aromatic heterocycles. The number of aliphatic hydroxyl groups is 1. The van der Waals surface area contributed by atoms with Crippen LogP contribution in [-0.2, 0) is 0 Å². The molecule has 3 nitrogen and oxygen atoms in total.